The minimum Gasteiger partial charge on any atom is -0.497 e. The molecule has 0 aliphatic rings. The van der Waals surface area contributed by atoms with Crippen LogP contribution in [0.1, 0.15) is 5.56 Å². The third-order valence-electron chi connectivity index (χ3n) is 5.04. The van der Waals surface area contributed by atoms with E-state index in [1.54, 1.807) is 7.11 Å². The summed E-state index contributed by atoms with van der Waals surface area (Å²) < 4.78 is 7.47. The van der Waals surface area contributed by atoms with Crippen molar-refractivity contribution in [2.75, 3.05) is 7.11 Å². The monoisotopic (exact) mass is 365 g/mol. The predicted octanol–water partition coefficient (Wildman–Crippen LogP) is 5.56. The summed E-state index contributed by atoms with van der Waals surface area (Å²) in [5, 5.41) is 7.04. The topological polar surface area (TPSA) is 39.9 Å². The first-order valence-corrected chi connectivity index (χ1v) is 9.22. The van der Waals surface area contributed by atoms with Crippen LogP contribution in [0.15, 0.2) is 79.0 Å². The molecule has 0 aliphatic heterocycles. The van der Waals surface area contributed by atoms with Crippen LogP contribution in [-0.2, 0) is 0 Å². The smallest absolute Gasteiger partial charge is 0.119 e. The first-order chi connectivity index (χ1) is 13.7. The lowest BCUT2D eigenvalue weighted by Gasteiger charge is -2.07. The molecule has 136 valence electrons. The summed E-state index contributed by atoms with van der Waals surface area (Å²) >= 11 is 0. The Hall–Kier alpha value is -3.66. The van der Waals surface area contributed by atoms with Crippen molar-refractivity contribution in [1.82, 2.24) is 14.8 Å². The van der Waals surface area contributed by atoms with Gasteiger partial charge in [-0.2, -0.15) is 5.10 Å². The molecule has 4 nitrogen and oxygen atoms in total. The van der Waals surface area contributed by atoms with Gasteiger partial charge < -0.3 is 4.74 Å². The van der Waals surface area contributed by atoms with Gasteiger partial charge in [0.2, 0.25) is 0 Å². The van der Waals surface area contributed by atoms with Gasteiger partial charge in [-0.3, -0.25) is 4.98 Å². The van der Waals surface area contributed by atoms with Gasteiger partial charge >= 0.3 is 0 Å². The molecule has 28 heavy (non-hydrogen) atoms. The third kappa shape index (κ3) is 2.62. The van der Waals surface area contributed by atoms with Crippen molar-refractivity contribution in [2.24, 2.45) is 0 Å². The number of hydrogen-bond donors (Lipinski definition) is 0. The van der Waals surface area contributed by atoms with Crippen LogP contribution in [0, 0.1) is 6.92 Å². The van der Waals surface area contributed by atoms with E-state index in [0.717, 1.165) is 44.5 Å². The zero-order valence-corrected chi connectivity index (χ0v) is 15.8. The van der Waals surface area contributed by atoms with E-state index in [0.29, 0.717) is 0 Å². The van der Waals surface area contributed by atoms with Gasteiger partial charge in [-0.25, -0.2) is 4.68 Å². The van der Waals surface area contributed by atoms with Crippen LogP contribution >= 0.6 is 0 Å². The number of aromatic nitrogens is 3. The lowest BCUT2D eigenvalue weighted by atomic mass is 10.1. The highest BCUT2D eigenvalue weighted by Crippen LogP contribution is 2.35. The molecule has 0 fully saturated rings. The van der Waals surface area contributed by atoms with E-state index in [9.17, 15) is 0 Å². The summed E-state index contributed by atoms with van der Waals surface area (Å²) in [5.74, 6) is 0.805. The Morgan fingerprint density at radius 1 is 0.857 bits per heavy atom. The largest absolute Gasteiger partial charge is 0.497 e. The van der Waals surface area contributed by atoms with Gasteiger partial charge in [-0.05, 0) is 37.3 Å². The molecule has 5 aromatic rings. The second-order valence-corrected chi connectivity index (χ2v) is 6.87. The molecule has 0 aliphatic carbocycles. The molecule has 0 saturated carbocycles. The number of methoxy groups -OCH3 is 1. The number of pyridine rings is 1. The van der Waals surface area contributed by atoms with Crippen LogP contribution in [0.4, 0.5) is 0 Å². The molecule has 0 radical (unpaired) electrons. The van der Waals surface area contributed by atoms with Gasteiger partial charge in [-0.15, -0.1) is 0 Å². The zero-order valence-electron chi connectivity index (χ0n) is 15.8. The fourth-order valence-electron chi connectivity index (χ4n) is 3.57. The lowest BCUT2D eigenvalue weighted by Crippen LogP contribution is -1.97. The van der Waals surface area contributed by atoms with Gasteiger partial charge in [0.25, 0.3) is 0 Å². The molecule has 0 atom stereocenters. The third-order valence-corrected chi connectivity index (χ3v) is 5.04. The summed E-state index contributed by atoms with van der Waals surface area (Å²) in [5.41, 5.74) is 6.20. The van der Waals surface area contributed by atoms with Crippen molar-refractivity contribution in [3.05, 3.63) is 84.6 Å². The van der Waals surface area contributed by atoms with Crippen molar-refractivity contribution in [3.8, 4) is 22.7 Å². The van der Waals surface area contributed by atoms with Crippen LogP contribution in [0.5, 0.6) is 5.75 Å². The van der Waals surface area contributed by atoms with Gasteiger partial charge in [0, 0.05) is 22.5 Å². The first kappa shape index (κ1) is 16.5. The fourth-order valence-corrected chi connectivity index (χ4v) is 3.57. The van der Waals surface area contributed by atoms with Crippen LogP contribution in [0.2, 0.25) is 0 Å². The van der Waals surface area contributed by atoms with E-state index < -0.39 is 0 Å². The molecular weight excluding hydrogens is 346 g/mol. The van der Waals surface area contributed by atoms with Crippen molar-refractivity contribution in [1.29, 1.82) is 0 Å². The number of para-hydroxylation sites is 1. The molecule has 0 spiro atoms. The van der Waals surface area contributed by atoms with Gasteiger partial charge in [0.15, 0.2) is 0 Å². The summed E-state index contributed by atoms with van der Waals surface area (Å²) in [6, 6.07) is 24.6. The van der Waals surface area contributed by atoms with E-state index in [1.807, 2.05) is 47.3 Å². The molecule has 2 heterocycles. The second kappa shape index (κ2) is 6.50. The predicted molar refractivity (Wildman–Crippen MR) is 113 cm³/mol. The maximum Gasteiger partial charge on any atom is 0.119 e. The number of ether oxygens (including phenoxy) is 1. The van der Waals surface area contributed by atoms with Gasteiger partial charge in [0.1, 0.15) is 11.4 Å². The molecule has 0 unspecified atom stereocenters. The van der Waals surface area contributed by atoms with Crippen molar-refractivity contribution in [3.63, 3.8) is 0 Å². The van der Waals surface area contributed by atoms with Crippen LogP contribution in [0.25, 0.3) is 38.8 Å². The molecule has 5 rings (SSSR count). The molecule has 4 heteroatoms. The lowest BCUT2D eigenvalue weighted by molar-refractivity contribution is 0.415. The van der Waals surface area contributed by atoms with Crippen LogP contribution in [0.3, 0.4) is 0 Å². The molecule has 2 aromatic heterocycles. The van der Waals surface area contributed by atoms with E-state index in [1.165, 1.54) is 5.56 Å². The van der Waals surface area contributed by atoms with Crippen molar-refractivity contribution < 1.29 is 4.74 Å². The highest BCUT2D eigenvalue weighted by molar-refractivity contribution is 6.09. The van der Waals surface area contributed by atoms with E-state index in [2.05, 4.69) is 48.3 Å². The van der Waals surface area contributed by atoms with Crippen LogP contribution in [-0.4, -0.2) is 21.9 Å². The van der Waals surface area contributed by atoms with Crippen LogP contribution < -0.4 is 4.74 Å². The number of fused-ring (bicyclic) bond motifs is 3. The Balaban J connectivity index is 1.90. The number of hydrogen-bond acceptors (Lipinski definition) is 3. The molecule has 0 amide bonds. The van der Waals surface area contributed by atoms with Gasteiger partial charge in [-0.1, -0.05) is 48.0 Å². The minimum atomic E-state index is 0.805. The Morgan fingerprint density at radius 3 is 2.39 bits per heavy atom. The zero-order chi connectivity index (χ0) is 19.1. The number of rotatable bonds is 3. The number of benzene rings is 3. The Kier molecular flexibility index (Phi) is 3.83. The summed E-state index contributed by atoms with van der Waals surface area (Å²) in [6.07, 6.45) is 1.92. The summed E-state index contributed by atoms with van der Waals surface area (Å²) in [4.78, 5) is 4.69. The Labute approximate surface area is 163 Å². The van der Waals surface area contributed by atoms with E-state index in [4.69, 9.17) is 9.84 Å². The minimum absolute atomic E-state index is 0.805. The Bertz CT molecular complexity index is 1290. The van der Waals surface area contributed by atoms with Gasteiger partial charge in [0.05, 0.1) is 23.8 Å². The van der Waals surface area contributed by atoms with Crippen molar-refractivity contribution >= 4 is 21.8 Å². The summed E-state index contributed by atoms with van der Waals surface area (Å²) in [6.45, 7) is 2.09. The quantitative estimate of drug-likeness (QED) is 0.420. The summed E-state index contributed by atoms with van der Waals surface area (Å²) in [7, 11) is 1.68. The molecule has 0 saturated heterocycles. The standard InChI is InChI=1S/C24H19N3O/c1-16-8-10-17(11-9-16)23-21-15-25-22-13-12-19(28-2)14-20(22)24(21)27(26-23)18-6-4-3-5-7-18/h3-15H,1-2H3. The molecule has 3 aromatic carbocycles. The number of aryl methyl sites for hydroxylation is 1. The molecule has 0 N–H and O–H groups in total. The second-order valence-electron chi connectivity index (χ2n) is 6.87. The van der Waals surface area contributed by atoms with Crippen molar-refractivity contribution in [2.45, 2.75) is 6.92 Å². The number of nitrogens with zero attached hydrogens (tertiary/aromatic N) is 3. The first-order valence-electron chi connectivity index (χ1n) is 9.22. The molecule has 0 bridgehead atoms. The SMILES string of the molecule is COc1ccc2ncc3c(-c4ccc(C)cc4)nn(-c4ccccc4)c3c2c1. The Morgan fingerprint density at radius 2 is 1.64 bits per heavy atom. The average molecular weight is 365 g/mol. The molecular formula is C24H19N3O. The van der Waals surface area contributed by atoms with E-state index in [-0.39, 0.29) is 0 Å². The van der Waals surface area contributed by atoms with E-state index >= 15 is 0 Å². The maximum atomic E-state index is 5.46. The highest BCUT2D eigenvalue weighted by Gasteiger charge is 2.17. The average Bonchev–Trinajstić information content (AvgIpc) is 3.15. The normalized spacial score (nSPS) is 11.2. The highest BCUT2D eigenvalue weighted by atomic mass is 16.5. The maximum absolute atomic E-state index is 5.46. The fraction of sp³-hybridized carbons (Fsp3) is 0.0833.